The van der Waals surface area contributed by atoms with E-state index in [1.165, 1.54) is 6.07 Å². The van der Waals surface area contributed by atoms with Crippen molar-refractivity contribution >= 4 is 17.4 Å². The average molecular weight is 335 g/mol. The van der Waals surface area contributed by atoms with Crippen LogP contribution in [-0.2, 0) is 0 Å². The van der Waals surface area contributed by atoms with Crippen LogP contribution in [0.15, 0.2) is 39.9 Å². The Bertz CT molecular complexity index is 775. The molecule has 0 amide bonds. The van der Waals surface area contributed by atoms with Crippen LogP contribution in [-0.4, -0.2) is 47.2 Å². The van der Waals surface area contributed by atoms with Gasteiger partial charge in [-0.2, -0.15) is 0 Å². The Morgan fingerprint density at radius 2 is 1.83 bits per heavy atom. The van der Waals surface area contributed by atoms with Crippen molar-refractivity contribution in [2.24, 2.45) is 0 Å². The Morgan fingerprint density at radius 3 is 2.43 bits per heavy atom. The Balaban J connectivity index is 1.95. The fourth-order valence-corrected chi connectivity index (χ4v) is 3.04. The van der Waals surface area contributed by atoms with Gasteiger partial charge in [-0.05, 0) is 18.7 Å². The first-order valence-electron chi connectivity index (χ1n) is 7.68. The van der Waals surface area contributed by atoms with Crippen LogP contribution in [0.4, 0.5) is 5.82 Å². The topological polar surface area (TPSA) is 61.3 Å². The number of aromatic nitrogens is 2. The molecule has 7 heteroatoms. The standard InChI is InChI=1S/C16H19ClN4O2/c1-2-19-7-9-20(10-8-19)14-11-15(22)21(16(23)18-14)13-6-4-3-5-12(13)17/h3-6,11H,2,7-10H2,1H3,(H,18,23). The van der Waals surface area contributed by atoms with E-state index in [9.17, 15) is 9.59 Å². The first-order valence-corrected chi connectivity index (χ1v) is 8.06. The van der Waals surface area contributed by atoms with Crippen molar-refractivity contribution in [2.45, 2.75) is 6.92 Å². The zero-order valence-electron chi connectivity index (χ0n) is 13.0. The highest BCUT2D eigenvalue weighted by molar-refractivity contribution is 6.32. The SMILES string of the molecule is CCN1CCN(c2cc(=O)n(-c3ccccc3Cl)c(=O)[nH]2)CC1. The number of hydrogen-bond donors (Lipinski definition) is 1. The van der Waals surface area contributed by atoms with E-state index in [0.717, 1.165) is 37.3 Å². The predicted molar refractivity (Wildman–Crippen MR) is 92.0 cm³/mol. The first-order chi connectivity index (χ1) is 11.1. The van der Waals surface area contributed by atoms with Gasteiger partial charge in [0.2, 0.25) is 0 Å². The van der Waals surface area contributed by atoms with Crippen LogP contribution in [0.3, 0.4) is 0 Å². The van der Waals surface area contributed by atoms with E-state index in [1.807, 2.05) is 4.90 Å². The van der Waals surface area contributed by atoms with Crippen LogP contribution in [0.25, 0.3) is 5.69 Å². The number of nitrogens with zero attached hydrogens (tertiary/aromatic N) is 3. The van der Waals surface area contributed by atoms with Gasteiger partial charge in [0, 0.05) is 32.2 Å². The van der Waals surface area contributed by atoms with Gasteiger partial charge in [0.1, 0.15) is 5.82 Å². The van der Waals surface area contributed by atoms with Gasteiger partial charge in [-0.15, -0.1) is 0 Å². The molecule has 0 atom stereocenters. The number of likely N-dealkylation sites (N-methyl/N-ethyl adjacent to an activating group) is 1. The fourth-order valence-electron chi connectivity index (χ4n) is 2.82. The molecule has 1 aromatic heterocycles. The Hall–Kier alpha value is -2.05. The average Bonchev–Trinajstić information content (AvgIpc) is 2.56. The lowest BCUT2D eigenvalue weighted by Gasteiger charge is -2.34. The fraction of sp³-hybridized carbons (Fsp3) is 0.375. The molecule has 3 rings (SSSR count). The second-order valence-electron chi connectivity index (χ2n) is 5.51. The number of nitrogens with one attached hydrogen (secondary N) is 1. The van der Waals surface area contributed by atoms with Crippen molar-refractivity contribution in [3.05, 3.63) is 56.2 Å². The minimum Gasteiger partial charge on any atom is -0.355 e. The normalized spacial score (nSPS) is 15.8. The molecule has 0 radical (unpaired) electrons. The largest absolute Gasteiger partial charge is 0.355 e. The molecule has 2 heterocycles. The molecule has 1 aromatic carbocycles. The molecule has 0 saturated carbocycles. The molecule has 2 aromatic rings. The zero-order chi connectivity index (χ0) is 16.4. The monoisotopic (exact) mass is 334 g/mol. The number of hydrogen-bond acceptors (Lipinski definition) is 4. The lowest BCUT2D eigenvalue weighted by molar-refractivity contribution is 0.270. The summed E-state index contributed by atoms with van der Waals surface area (Å²) in [6.45, 7) is 6.57. The van der Waals surface area contributed by atoms with E-state index in [-0.39, 0.29) is 5.56 Å². The summed E-state index contributed by atoms with van der Waals surface area (Å²) in [4.78, 5) is 32.0. The maximum Gasteiger partial charge on any atom is 0.334 e. The second kappa shape index (κ2) is 6.60. The van der Waals surface area contributed by atoms with Gasteiger partial charge < -0.3 is 9.80 Å². The van der Waals surface area contributed by atoms with E-state index in [4.69, 9.17) is 11.6 Å². The Labute approximate surface area is 138 Å². The van der Waals surface area contributed by atoms with Crippen LogP contribution < -0.4 is 16.1 Å². The summed E-state index contributed by atoms with van der Waals surface area (Å²) in [6, 6.07) is 8.27. The molecule has 122 valence electrons. The van der Waals surface area contributed by atoms with Gasteiger partial charge in [-0.1, -0.05) is 30.7 Å². The molecule has 23 heavy (non-hydrogen) atoms. The first kappa shape index (κ1) is 15.8. The predicted octanol–water partition coefficient (Wildman–Crippen LogP) is 1.32. The highest BCUT2D eigenvalue weighted by Crippen LogP contribution is 2.17. The summed E-state index contributed by atoms with van der Waals surface area (Å²) in [5, 5.41) is 0.365. The molecule has 1 fully saturated rings. The smallest absolute Gasteiger partial charge is 0.334 e. The van der Waals surface area contributed by atoms with Crippen molar-refractivity contribution in [2.75, 3.05) is 37.6 Å². The Kier molecular flexibility index (Phi) is 4.54. The van der Waals surface area contributed by atoms with E-state index in [0.29, 0.717) is 16.5 Å². The molecule has 1 saturated heterocycles. The minimum atomic E-state index is -0.474. The van der Waals surface area contributed by atoms with Crippen LogP contribution >= 0.6 is 11.6 Å². The Morgan fingerprint density at radius 1 is 1.13 bits per heavy atom. The number of para-hydroxylation sites is 1. The van der Waals surface area contributed by atoms with E-state index in [1.54, 1.807) is 24.3 Å². The van der Waals surface area contributed by atoms with Gasteiger partial charge in [-0.3, -0.25) is 9.78 Å². The van der Waals surface area contributed by atoms with E-state index < -0.39 is 5.69 Å². The molecule has 0 aliphatic carbocycles. The summed E-state index contributed by atoms with van der Waals surface area (Å²) in [5.74, 6) is 0.569. The lowest BCUT2D eigenvalue weighted by atomic mass is 10.3. The molecule has 1 N–H and O–H groups in total. The van der Waals surface area contributed by atoms with Crippen LogP contribution in [0.1, 0.15) is 6.92 Å². The van der Waals surface area contributed by atoms with Gasteiger partial charge >= 0.3 is 5.69 Å². The number of piperazine rings is 1. The number of halogens is 1. The van der Waals surface area contributed by atoms with Crippen LogP contribution in [0.2, 0.25) is 5.02 Å². The number of rotatable bonds is 3. The maximum atomic E-state index is 12.4. The third kappa shape index (κ3) is 3.18. The van der Waals surface area contributed by atoms with Crippen molar-refractivity contribution in [1.82, 2.24) is 14.5 Å². The summed E-state index contributed by atoms with van der Waals surface area (Å²) in [6.07, 6.45) is 0. The minimum absolute atomic E-state index is 0.365. The van der Waals surface area contributed by atoms with Gasteiger partial charge in [0.25, 0.3) is 5.56 Å². The quantitative estimate of drug-likeness (QED) is 0.919. The van der Waals surface area contributed by atoms with Gasteiger partial charge in [0.15, 0.2) is 0 Å². The molecule has 6 nitrogen and oxygen atoms in total. The van der Waals surface area contributed by atoms with E-state index >= 15 is 0 Å². The summed E-state index contributed by atoms with van der Waals surface area (Å²) < 4.78 is 1.06. The summed E-state index contributed by atoms with van der Waals surface area (Å²) in [5.41, 5.74) is -0.462. The van der Waals surface area contributed by atoms with Gasteiger partial charge in [-0.25, -0.2) is 9.36 Å². The summed E-state index contributed by atoms with van der Waals surface area (Å²) in [7, 11) is 0. The van der Waals surface area contributed by atoms with Crippen molar-refractivity contribution in [3.63, 3.8) is 0 Å². The van der Waals surface area contributed by atoms with Crippen molar-refractivity contribution in [1.29, 1.82) is 0 Å². The lowest BCUT2D eigenvalue weighted by Crippen LogP contribution is -2.47. The highest BCUT2D eigenvalue weighted by Gasteiger charge is 2.18. The maximum absolute atomic E-state index is 12.4. The molecule has 1 aliphatic heterocycles. The van der Waals surface area contributed by atoms with Crippen LogP contribution in [0, 0.1) is 0 Å². The third-order valence-electron chi connectivity index (χ3n) is 4.17. The molecular weight excluding hydrogens is 316 g/mol. The molecule has 0 unspecified atom stereocenters. The summed E-state index contributed by atoms with van der Waals surface area (Å²) >= 11 is 6.09. The zero-order valence-corrected chi connectivity index (χ0v) is 13.7. The number of benzene rings is 1. The van der Waals surface area contributed by atoms with Crippen molar-refractivity contribution in [3.8, 4) is 5.69 Å². The molecular formula is C16H19ClN4O2. The number of anilines is 1. The number of aromatic amines is 1. The van der Waals surface area contributed by atoms with Crippen LogP contribution in [0.5, 0.6) is 0 Å². The number of H-pyrrole nitrogens is 1. The molecule has 1 aliphatic rings. The van der Waals surface area contributed by atoms with E-state index in [2.05, 4.69) is 16.8 Å². The third-order valence-corrected chi connectivity index (χ3v) is 4.49. The molecule has 0 spiro atoms. The highest BCUT2D eigenvalue weighted by atomic mass is 35.5. The van der Waals surface area contributed by atoms with Gasteiger partial charge in [0.05, 0.1) is 10.7 Å². The second-order valence-corrected chi connectivity index (χ2v) is 5.91. The van der Waals surface area contributed by atoms with Crippen molar-refractivity contribution < 1.29 is 0 Å². The molecule has 0 bridgehead atoms.